The lowest BCUT2D eigenvalue weighted by atomic mass is 10.1. The van der Waals surface area contributed by atoms with Gasteiger partial charge >= 0.3 is 0 Å². The van der Waals surface area contributed by atoms with Crippen molar-refractivity contribution in [3.8, 4) is 0 Å². The van der Waals surface area contributed by atoms with E-state index in [0.717, 1.165) is 6.61 Å². The van der Waals surface area contributed by atoms with Gasteiger partial charge in [0.1, 0.15) is 0 Å². The Morgan fingerprint density at radius 1 is 1.29 bits per heavy atom. The molecular formula is C11H21OS2. The normalized spacial score (nSPS) is 21.4. The first-order valence-electron chi connectivity index (χ1n) is 5.24. The molecule has 3 heteroatoms. The van der Waals surface area contributed by atoms with Gasteiger partial charge in [-0.2, -0.15) is 0 Å². The first-order valence-corrected chi connectivity index (χ1v) is 7.21. The van der Waals surface area contributed by atoms with Gasteiger partial charge in [-0.05, 0) is 36.7 Å². The standard InChI is InChI=1S/C11H21OS2/c1-10(2)9-11(5-6-12-3)13-7-4-8-14-11/h4-9H2,1-3H3. The summed E-state index contributed by atoms with van der Waals surface area (Å²) in [5.41, 5.74) is 0. The van der Waals surface area contributed by atoms with Crippen LogP contribution in [0, 0.1) is 5.92 Å². The second-order valence-electron chi connectivity index (χ2n) is 4.09. The minimum absolute atomic E-state index is 0.424. The fraction of sp³-hybridized carbons (Fsp3) is 0.909. The number of hydrogen-bond donors (Lipinski definition) is 0. The second kappa shape index (κ2) is 6.29. The highest BCUT2D eigenvalue weighted by molar-refractivity contribution is 8.18. The smallest absolute Gasteiger partial charge is 0.0638 e. The summed E-state index contributed by atoms with van der Waals surface area (Å²) in [5.74, 6) is 4.19. The van der Waals surface area contributed by atoms with Gasteiger partial charge in [-0.15, -0.1) is 23.5 Å². The van der Waals surface area contributed by atoms with Crippen LogP contribution in [0.25, 0.3) is 0 Å². The van der Waals surface area contributed by atoms with Crippen LogP contribution in [0.4, 0.5) is 0 Å². The van der Waals surface area contributed by atoms with Gasteiger partial charge in [0.25, 0.3) is 0 Å². The highest BCUT2D eigenvalue weighted by Gasteiger charge is 2.33. The number of methoxy groups -OCH3 is 1. The van der Waals surface area contributed by atoms with E-state index < -0.39 is 0 Å². The Morgan fingerprint density at radius 2 is 1.93 bits per heavy atom. The van der Waals surface area contributed by atoms with E-state index in [4.69, 9.17) is 4.74 Å². The van der Waals surface area contributed by atoms with Gasteiger partial charge < -0.3 is 4.74 Å². The third kappa shape index (κ3) is 4.03. The molecule has 0 atom stereocenters. The van der Waals surface area contributed by atoms with E-state index in [1.165, 1.54) is 30.8 Å². The van der Waals surface area contributed by atoms with E-state index in [0.29, 0.717) is 4.08 Å². The van der Waals surface area contributed by atoms with E-state index >= 15 is 0 Å². The van der Waals surface area contributed by atoms with Crippen molar-refractivity contribution in [3.63, 3.8) is 0 Å². The predicted octanol–water partition coefficient (Wildman–Crippen LogP) is 3.59. The molecule has 0 amide bonds. The molecule has 1 aliphatic heterocycles. The van der Waals surface area contributed by atoms with Crippen molar-refractivity contribution < 1.29 is 4.74 Å². The van der Waals surface area contributed by atoms with Gasteiger partial charge in [-0.1, -0.05) is 13.8 Å². The van der Waals surface area contributed by atoms with E-state index in [9.17, 15) is 0 Å². The van der Waals surface area contributed by atoms with E-state index in [2.05, 4.69) is 37.4 Å². The van der Waals surface area contributed by atoms with Crippen LogP contribution in [0.5, 0.6) is 0 Å². The average molecular weight is 233 g/mol. The van der Waals surface area contributed by atoms with Crippen LogP contribution in [0.3, 0.4) is 0 Å². The Balaban J connectivity index is 2.47. The van der Waals surface area contributed by atoms with Crippen LogP contribution in [0.15, 0.2) is 0 Å². The van der Waals surface area contributed by atoms with Crippen molar-refractivity contribution in [3.05, 3.63) is 5.92 Å². The lowest BCUT2D eigenvalue weighted by molar-refractivity contribution is 0.191. The van der Waals surface area contributed by atoms with Crippen LogP contribution >= 0.6 is 23.5 Å². The molecule has 83 valence electrons. The molecule has 0 aromatic rings. The molecule has 1 heterocycles. The molecule has 14 heavy (non-hydrogen) atoms. The molecule has 1 fully saturated rings. The van der Waals surface area contributed by atoms with Gasteiger partial charge in [-0.25, -0.2) is 0 Å². The van der Waals surface area contributed by atoms with Gasteiger partial charge in [0.05, 0.1) is 4.08 Å². The van der Waals surface area contributed by atoms with E-state index in [1.54, 1.807) is 13.0 Å². The maximum atomic E-state index is 5.22. The zero-order valence-corrected chi connectivity index (χ0v) is 11.1. The molecule has 1 aliphatic rings. The summed E-state index contributed by atoms with van der Waals surface area (Å²) in [6, 6.07) is 0. The zero-order chi connectivity index (χ0) is 10.4. The molecule has 0 spiro atoms. The summed E-state index contributed by atoms with van der Waals surface area (Å²) >= 11 is 4.28. The molecule has 1 rings (SSSR count). The fourth-order valence-electron chi connectivity index (χ4n) is 1.75. The van der Waals surface area contributed by atoms with Crippen LogP contribution in [-0.4, -0.2) is 29.3 Å². The van der Waals surface area contributed by atoms with E-state index in [1.807, 2.05) is 0 Å². The Bertz CT molecular complexity index is 153. The van der Waals surface area contributed by atoms with Crippen LogP contribution in [0.1, 0.15) is 33.1 Å². The molecule has 0 bridgehead atoms. The monoisotopic (exact) mass is 233 g/mol. The lowest BCUT2D eigenvalue weighted by Crippen LogP contribution is -2.28. The Morgan fingerprint density at radius 3 is 2.43 bits per heavy atom. The van der Waals surface area contributed by atoms with Crippen LogP contribution in [0.2, 0.25) is 0 Å². The summed E-state index contributed by atoms with van der Waals surface area (Å²) in [5, 5.41) is 0. The summed E-state index contributed by atoms with van der Waals surface area (Å²) in [6.45, 7) is 5.38. The summed E-state index contributed by atoms with van der Waals surface area (Å²) < 4.78 is 5.64. The third-order valence-electron chi connectivity index (χ3n) is 2.33. The Hall–Kier alpha value is 0.660. The Kier molecular flexibility index (Phi) is 5.72. The Labute approximate surface area is 96.7 Å². The van der Waals surface area contributed by atoms with Crippen molar-refractivity contribution in [2.75, 3.05) is 25.2 Å². The van der Waals surface area contributed by atoms with Gasteiger partial charge in [-0.3, -0.25) is 0 Å². The summed E-state index contributed by atoms with van der Waals surface area (Å²) in [6.07, 6.45) is 3.79. The average Bonchev–Trinajstić information content (AvgIpc) is 2.15. The molecule has 1 radical (unpaired) electrons. The molecule has 0 unspecified atom stereocenters. The topological polar surface area (TPSA) is 9.23 Å². The number of thioether (sulfide) groups is 2. The SMILES string of the molecule is COCCC1(C[C](C)C)SCCCS1. The van der Waals surface area contributed by atoms with Crippen molar-refractivity contribution in [2.24, 2.45) is 0 Å². The molecule has 0 saturated carbocycles. The largest absolute Gasteiger partial charge is 0.385 e. The molecular weight excluding hydrogens is 212 g/mol. The first kappa shape index (κ1) is 12.7. The molecule has 1 saturated heterocycles. The van der Waals surface area contributed by atoms with Crippen LogP contribution < -0.4 is 0 Å². The molecule has 0 aromatic heterocycles. The van der Waals surface area contributed by atoms with Gasteiger partial charge in [0.15, 0.2) is 0 Å². The predicted molar refractivity (Wildman–Crippen MR) is 68.0 cm³/mol. The van der Waals surface area contributed by atoms with Crippen LogP contribution in [-0.2, 0) is 4.74 Å². The number of hydrogen-bond acceptors (Lipinski definition) is 3. The fourth-order valence-corrected chi connectivity index (χ4v) is 5.32. The summed E-state index contributed by atoms with van der Waals surface area (Å²) in [4.78, 5) is 0. The maximum Gasteiger partial charge on any atom is 0.0638 e. The molecule has 1 nitrogen and oxygen atoms in total. The number of rotatable bonds is 5. The molecule has 0 N–H and O–H groups in total. The lowest BCUT2D eigenvalue weighted by Gasteiger charge is -2.37. The highest BCUT2D eigenvalue weighted by Crippen LogP contribution is 2.49. The molecule has 0 aromatic carbocycles. The maximum absolute atomic E-state index is 5.22. The van der Waals surface area contributed by atoms with Crippen molar-refractivity contribution in [1.82, 2.24) is 0 Å². The zero-order valence-electron chi connectivity index (χ0n) is 9.47. The second-order valence-corrected chi connectivity index (χ2v) is 7.30. The van der Waals surface area contributed by atoms with Gasteiger partial charge in [0, 0.05) is 13.7 Å². The van der Waals surface area contributed by atoms with Crippen molar-refractivity contribution in [1.29, 1.82) is 0 Å². The van der Waals surface area contributed by atoms with E-state index in [-0.39, 0.29) is 0 Å². The van der Waals surface area contributed by atoms with Gasteiger partial charge in [0.2, 0.25) is 0 Å². The first-order chi connectivity index (χ1) is 6.68. The van der Waals surface area contributed by atoms with Crippen molar-refractivity contribution >= 4 is 23.5 Å². The minimum atomic E-state index is 0.424. The quantitative estimate of drug-likeness (QED) is 0.718. The third-order valence-corrected chi connectivity index (χ3v) is 5.77. The number of ether oxygens (including phenoxy) is 1. The summed E-state index contributed by atoms with van der Waals surface area (Å²) in [7, 11) is 1.80. The highest BCUT2D eigenvalue weighted by atomic mass is 32.2. The molecule has 0 aliphatic carbocycles. The van der Waals surface area contributed by atoms with Crippen molar-refractivity contribution in [2.45, 2.75) is 37.2 Å². The minimum Gasteiger partial charge on any atom is -0.385 e.